The van der Waals surface area contributed by atoms with Crippen LogP contribution in [0.15, 0.2) is 23.6 Å². The van der Waals surface area contributed by atoms with Crippen molar-refractivity contribution in [2.45, 2.75) is 25.7 Å². The van der Waals surface area contributed by atoms with Crippen LogP contribution in [-0.4, -0.2) is 16.1 Å². The fraction of sp³-hybridized carbons (Fsp3) is 0.286. The molecule has 0 saturated heterocycles. The topological polar surface area (TPSA) is 50.2 Å². The van der Waals surface area contributed by atoms with Crippen molar-refractivity contribution in [1.82, 2.24) is 4.98 Å². The molecule has 0 spiro atoms. The Balaban J connectivity index is 1.98. The summed E-state index contributed by atoms with van der Waals surface area (Å²) in [6, 6.07) is 6.36. The van der Waals surface area contributed by atoms with Crippen molar-refractivity contribution in [2.24, 2.45) is 0 Å². The maximum atomic E-state index is 10.8. The van der Waals surface area contributed by atoms with Crippen LogP contribution in [0.5, 0.6) is 0 Å². The van der Waals surface area contributed by atoms with Gasteiger partial charge in [-0.2, -0.15) is 0 Å². The Morgan fingerprint density at radius 3 is 2.72 bits per heavy atom. The van der Waals surface area contributed by atoms with Crippen LogP contribution in [0.1, 0.15) is 33.8 Å². The first-order valence-electron chi connectivity index (χ1n) is 6.05. The van der Waals surface area contributed by atoms with Gasteiger partial charge in [-0.1, -0.05) is 12.1 Å². The number of fused-ring (bicyclic) bond motifs is 1. The van der Waals surface area contributed by atoms with Gasteiger partial charge in [-0.25, -0.2) is 9.78 Å². The molecule has 3 rings (SSSR count). The van der Waals surface area contributed by atoms with E-state index in [1.165, 1.54) is 35.3 Å². The summed E-state index contributed by atoms with van der Waals surface area (Å²) in [7, 11) is 0. The number of carboxylic acids is 1. The predicted molar refractivity (Wildman–Crippen MR) is 71.2 cm³/mol. The molecule has 1 aliphatic rings. The zero-order chi connectivity index (χ0) is 12.5. The molecule has 0 unspecified atom stereocenters. The van der Waals surface area contributed by atoms with Crippen molar-refractivity contribution in [2.75, 3.05) is 0 Å². The summed E-state index contributed by atoms with van der Waals surface area (Å²) in [5, 5.41) is 10.9. The van der Waals surface area contributed by atoms with Crippen molar-refractivity contribution >= 4 is 17.3 Å². The number of carbonyl (C=O) groups is 1. The zero-order valence-corrected chi connectivity index (χ0v) is 10.7. The molecule has 4 heteroatoms. The van der Waals surface area contributed by atoms with Gasteiger partial charge < -0.3 is 5.11 Å². The average Bonchev–Trinajstić information content (AvgIpc) is 2.88. The van der Waals surface area contributed by atoms with Gasteiger partial charge in [0.2, 0.25) is 5.01 Å². The summed E-state index contributed by atoms with van der Waals surface area (Å²) in [6.07, 6.45) is 4.80. The number of rotatable bonds is 2. The van der Waals surface area contributed by atoms with Crippen molar-refractivity contribution in [3.05, 3.63) is 39.7 Å². The van der Waals surface area contributed by atoms with Gasteiger partial charge in [0.25, 0.3) is 0 Å². The third-order valence-electron chi connectivity index (χ3n) is 3.33. The molecule has 1 N–H and O–H groups in total. The molecule has 0 radical (unpaired) electrons. The molecule has 1 heterocycles. The van der Waals surface area contributed by atoms with E-state index in [4.69, 9.17) is 5.11 Å². The fourth-order valence-corrected chi connectivity index (χ4v) is 3.06. The number of carboxylic acid groups (broad SMARTS) is 1. The normalized spacial score (nSPS) is 14.2. The van der Waals surface area contributed by atoms with Crippen LogP contribution in [0.2, 0.25) is 0 Å². The highest BCUT2D eigenvalue weighted by Gasteiger charge is 2.13. The number of aryl methyl sites for hydroxylation is 2. The number of thiazole rings is 1. The molecule has 3 nitrogen and oxygen atoms in total. The minimum Gasteiger partial charge on any atom is -0.476 e. The van der Waals surface area contributed by atoms with E-state index in [-0.39, 0.29) is 5.01 Å². The molecule has 1 aliphatic carbocycles. The van der Waals surface area contributed by atoms with Gasteiger partial charge in [0.15, 0.2) is 0 Å². The van der Waals surface area contributed by atoms with Gasteiger partial charge in [-0.15, -0.1) is 11.3 Å². The summed E-state index contributed by atoms with van der Waals surface area (Å²) in [5.74, 6) is -0.954. The minimum atomic E-state index is -0.954. The lowest BCUT2D eigenvalue weighted by molar-refractivity contribution is 0.0696. The molecule has 0 saturated carbocycles. The molecule has 2 aromatic rings. The quantitative estimate of drug-likeness (QED) is 0.899. The lowest BCUT2D eigenvalue weighted by atomic mass is 9.90. The maximum Gasteiger partial charge on any atom is 0.365 e. The van der Waals surface area contributed by atoms with Gasteiger partial charge in [-0.05, 0) is 42.9 Å². The monoisotopic (exact) mass is 259 g/mol. The van der Waals surface area contributed by atoms with Crippen LogP contribution in [0, 0.1) is 0 Å². The fourth-order valence-electron chi connectivity index (χ4n) is 2.40. The lowest BCUT2D eigenvalue weighted by Gasteiger charge is -2.15. The van der Waals surface area contributed by atoms with E-state index < -0.39 is 5.97 Å². The number of aromatic carboxylic acids is 1. The molecule has 0 bridgehead atoms. The second-order valence-corrected chi connectivity index (χ2v) is 5.39. The number of hydrogen-bond acceptors (Lipinski definition) is 3. The van der Waals surface area contributed by atoms with E-state index >= 15 is 0 Å². The Bertz CT molecular complexity index is 604. The summed E-state index contributed by atoms with van der Waals surface area (Å²) >= 11 is 1.18. The van der Waals surface area contributed by atoms with Gasteiger partial charge in [0.1, 0.15) is 0 Å². The van der Waals surface area contributed by atoms with Gasteiger partial charge >= 0.3 is 5.97 Å². The van der Waals surface area contributed by atoms with Crippen LogP contribution in [0.3, 0.4) is 0 Å². The molecule has 0 aliphatic heterocycles. The van der Waals surface area contributed by atoms with Gasteiger partial charge in [0, 0.05) is 10.9 Å². The van der Waals surface area contributed by atoms with Crippen LogP contribution in [-0.2, 0) is 12.8 Å². The molecule has 92 valence electrons. The summed E-state index contributed by atoms with van der Waals surface area (Å²) in [4.78, 5) is 15.0. The highest BCUT2D eigenvalue weighted by Crippen LogP contribution is 2.28. The third-order valence-corrected chi connectivity index (χ3v) is 4.16. The van der Waals surface area contributed by atoms with E-state index in [1.54, 1.807) is 0 Å². The summed E-state index contributed by atoms with van der Waals surface area (Å²) < 4.78 is 0. The molecule has 18 heavy (non-hydrogen) atoms. The average molecular weight is 259 g/mol. The van der Waals surface area contributed by atoms with Crippen molar-refractivity contribution in [1.29, 1.82) is 0 Å². The Kier molecular flexibility index (Phi) is 2.88. The van der Waals surface area contributed by atoms with E-state index in [9.17, 15) is 4.79 Å². The van der Waals surface area contributed by atoms with Crippen molar-refractivity contribution < 1.29 is 9.90 Å². The molecule has 1 aromatic heterocycles. The zero-order valence-electron chi connectivity index (χ0n) is 9.85. The van der Waals surface area contributed by atoms with Crippen LogP contribution >= 0.6 is 11.3 Å². The number of nitrogens with zero attached hydrogens (tertiary/aromatic N) is 1. The van der Waals surface area contributed by atoms with Crippen molar-refractivity contribution in [3.8, 4) is 11.3 Å². The first kappa shape index (κ1) is 11.4. The number of aromatic nitrogens is 1. The minimum absolute atomic E-state index is 0.155. The van der Waals surface area contributed by atoms with Crippen LogP contribution < -0.4 is 0 Å². The van der Waals surface area contributed by atoms with E-state index in [0.717, 1.165) is 24.1 Å². The Morgan fingerprint density at radius 1 is 1.22 bits per heavy atom. The molecule has 0 amide bonds. The second kappa shape index (κ2) is 4.53. The molecule has 0 fully saturated rings. The maximum absolute atomic E-state index is 10.8. The SMILES string of the molecule is O=C(O)c1nc(-c2ccc3c(c2)CCCC3)cs1. The molecular weight excluding hydrogens is 246 g/mol. The van der Waals surface area contributed by atoms with E-state index in [1.807, 2.05) is 11.4 Å². The smallest absolute Gasteiger partial charge is 0.365 e. The summed E-state index contributed by atoms with van der Waals surface area (Å²) in [6.45, 7) is 0. The Morgan fingerprint density at radius 2 is 2.00 bits per heavy atom. The first-order chi connectivity index (χ1) is 8.74. The number of hydrogen-bond donors (Lipinski definition) is 1. The highest BCUT2D eigenvalue weighted by molar-refractivity contribution is 7.11. The highest BCUT2D eigenvalue weighted by atomic mass is 32.1. The van der Waals surface area contributed by atoms with Crippen LogP contribution in [0.25, 0.3) is 11.3 Å². The van der Waals surface area contributed by atoms with E-state index in [2.05, 4.69) is 17.1 Å². The second-order valence-electron chi connectivity index (χ2n) is 4.53. The third kappa shape index (κ3) is 2.04. The van der Waals surface area contributed by atoms with Crippen LogP contribution in [0.4, 0.5) is 0 Å². The molecule has 1 aromatic carbocycles. The van der Waals surface area contributed by atoms with Crippen molar-refractivity contribution in [3.63, 3.8) is 0 Å². The molecule has 0 atom stereocenters. The van der Waals surface area contributed by atoms with Gasteiger partial charge in [-0.3, -0.25) is 0 Å². The standard InChI is InChI=1S/C14H13NO2S/c16-14(17)13-15-12(8-18-13)11-6-5-9-3-1-2-4-10(9)7-11/h5-8H,1-4H2,(H,16,17). The number of benzene rings is 1. The Hall–Kier alpha value is -1.68. The predicted octanol–water partition coefficient (Wildman–Crippen LogP) is 3.39. The van der Waals surface area contributed by atoms with E-state index in [0.29, 0.717) is 0 Å². The Labute approximate surface area is 109 Å². The summed E-state index contributed by atoms with van der Waals surface area (Å²) in [5.41, 5.74) is 4.62. The first-order valence-corrected chi connectivity index (χ1v) is 6.93. The van der Waals surface area contributed by atoms with Gasteiger partial charge in [0.05, 0.1) is 5.69 Å². The lowest BCUT2D eigenvalue weighted by Crippen LogP contribution is -2.02. The largest absolute Gasteiger partial charge is 0.476 e. The molecular formula is C14H13NO2S.